The molecule has 0 aromatic carbocycles. The zero-order valence-corrected chi connectivity index (χ0v) is 13.7. The minimum Gasteiger partial charge on any atom is -0.341 e. The van der Waals surface area contributed by atoms with Gasteiger partial charge in [-0.2, -0.15) is 0 Å². The summed E-state index contributed by atoms with van der Waals surface area (Å²) in [6.07, 6.45) is 9.72. The lowest BCUT2D eigenvalue weighted by Crippen LogP contribution is -2.01. The van der Waals surface area contributed by atoms with Crippen molar-refractivity contribution in [2.75, 3.05) is 5.32 Å². The molecule has 2 heterocycles. The second-order valence-corrected chi connectivity index (χ2v) is 6.16. The lowest BCUT2D eigenvalue weighted by molar-refractivity contribution is 1.08. The standard InChI is InChI=1S/C16H18ClN3S/c1-3-6-12(7-4-2)19-15-9-5-8-13(20-15)10-14-11-18-16(17)21-14/h3,5-9,11H,4,10H2,1-2H3,(H,19,20)/b6-3-,12-7+. The van der Waals surface area contributed by atoms with Crippen LogP contribution in [0, 0.1) is 0 Å². The average molecular weight is 320 g/mol. The molecule has 0 saturated carbocycles. The molecule has 0 unspecified atom stereocenters. The van der Waals surface area contributed by atoms with Gasteiger partial charge in [-0.25, -0.2) is 9.97 Å². The molecule has 2 aromatic rings. The largest absolute Gasteiger partial charge is 0.341 e. The maximum absolute atomic E-state index is 5.86. The van der Waals surface area contributed by atoms with Crippen LogP contribution in [0.5, 0.6) is 0 Å². The number of nitrogens with zero attached hydrogens (tertiary/aromatic N) is 2. The highest BCUT2D eigenvalue weighted by molar-refractivity contribution is 7.15. The van der Waals surface area contributed by atoms with Crippen LogP contribution in [0.3, 0.4) is 0 Å². The molecular formula is C16H18ClN3S. The van der Waals surface area contributed by atoms with Crippen molar-refractivity contribution in [2.45, 2.75) is 26.7 Å². The van der Waals surface area contributed by atoms with E-state index in [4.69, 9.17) is 11.6 Å². The van der Waals surface area contributed by atoms with Crippen molar-refractivity contribution in [1.29, 1.82) is 0 Å². The molecular weight excluding hydrogens is 302 g/mol. The van der Waals surface area contributed by atoms with Gasteiger partial charge in [0, 0.05) is 28.9 Å². The summed E-state index contributed by atoms with van der Waals surface area (Å²) in [7, 11) is 0. The highest BCUT2D eigenvalue weighted by Crippen LogP contribution is 2.21. The van der Waals surface area contributed by atoms with E-state index in [1.54, 1.807) is 6.20 Å². The number of pyridine rings is 1. The number of thiazole rings is 1. The van der Waals surface area contributed by atoms with E-state index in [2.05, 4.69) is 28.3 Å². The molecule has 21 heavy (non-hydrogen) atoms. The SMILES string of the molecule is C/C=C\C(=C/CC)Nc1cccc(Cc2cnc(Cl)s2)n1. The van der Waals surface area contributed by atoms with Crippen LogP contribution in [0.1, 0.15) is 30.8 Å². The number of aromatic nitrogens is 2. The van der Waals surface area contributed by atoms with E-state index in [1.807, 2.05) is 37.3 Å². The predicted octanol–water partition coefficient (Wildman–Crippen LogP) is 5.06. The van der Waals surface area contributed by atoms with Gasteiger partial charge in [-0.15, -0.1) is 11.3 Å². The number of allylic oxidation sites excluding steroid dienone is 3. The van der Waals surface area contributed by atoms with Crippen molar-refractivity contribution in [3.8, 4) is 0 Å². The number of nitrogens with one attached hydrogen (secondary N) is 1. The molecule has 0 amide bonds. The molecule has 0 radical (unpaired) electrons. The van der Waals surface area contributed by atoms with E-state index in [-0.39, 0.29) is 0 Å². The smallest absolute Gasteiger partial charge is 0.183 e. The van der Waals surface area contributed by atoms with Crippen LogP contribution >= 0.6 is 22.9 Å². The molecule has 3 nitrogen and oxygen atoms in total. The molecule has 0 aliphatic rings. The second-order valence-electron chi connectivity index (χ2n) is 4.46. The lowest BCUT2D eigenvalue weighted by Gasteiger charge is -2.08. The fraction of sp³-hybridized carbons (Fsp3) is 0.250. The second kappa shape index (κ2) is 7.96. The van der Waals surface area contributed by atoms with Crippen molar-refractivity contribution < 1.29 is 0 Å². The Morgan fingerprint density at radius 1 is 1.43 bits per heavy atom. The quantitative estimate of drug-likeness (QED) is 0.756. The monoisotopic (exact) mass is 319 g/mol. The summed E-state index contributed by atoms with van der Waals surface area (Å²) in [5.41, 5.74) is 2.06. The highest BCUT2D eigenvalue weighted by Gasteiger charge is 2.04. The Kier molecular flexibility index (Phi) is 5.96. The first-order chi connectivity index (χ1) is 10.2. The fourth-order valence-corrected chi connectivity index (χ4v) is 2.89. The van der Waals surface area contributed by atoms with Gasteiger partial charge in [0.15, 0.2) is 4.47 Å². The fourth-order valence-electron chi connectivity index (χ4n) is 1.90. The maximum Gasteiger partial charge on any atom is 0.183 e. The molecule has 0 fully saturated rings. The van der Waals surface area contributed by atoms with Crippen molar-refractivity contribution in [1.82, 2.24) is 9.97 Å². The Hall–Kier alpha value is -1.65. The van der Waals surface area contributed by atoms with Gasteiger partial charge in [-0.05, 0) is 31.6 Å². The molecule has 0 aliphatic carbocycles. The molecule has 110 valence electrons. The van der Waals surface area contributed by atoms with E-state index < -0.39 is 0 Å². The van der Waals surface area contributed by atoms with Gasteiger partial charge in [0.25, 0.3) is 0 Å². The Morgan fingerprint density at radius 2 is 2.29 bits per heavy atom. The van der Waals surface area contributed by atoms with Crippen LogP contribution in [0.4, 0.5) is 5.82 Å². The third-order valence-electron chi connectivity index (χ3n) is 2.73. The van der Waals surface area contributed by atoms with Gasteiger partial charge in [-0.1, -0.05) is 36.7 Å². The molecule has 5 heteroatoms. The first-order valence-electron chi connectivity index (χ1n) is 6.87. The van der Waals surface area contributed by atoms with Gasteiger partial charge in [0.05, 0.1) is 0 Å². The molecule has 0 spiro atoms. The van der Waals surface area contributed by atoms with E-state index in [0.717, 1.165) is 34.9 Å². The van der Waals surface area contributed by atoms with Crippen molar-refractivity contribution >= 4 is 28.8 Å². The molecule has 1 N–H and O–H groups in total. The topological polar surface area (TPSA) is 37.8 Å². The summed E-state index contributed by atoms with van der Waals surface area (Å²) in [6, 6.07) is 5.99. The highest BCUT2D eigenvalue weighted by atomic mass is 35.5. The van der Waals surface area contributed by atoms with Crippen LogP contribution in [-0.2, 0) is 6.42 Å². The number of hydrogen-bond acceptors (Lipinski definition) is 4. The summed E-state index contributed by atoms with van der Waals surface area (Å²) in [5.74, 6) is 0.848. The zero-order valence-electron chi connectivity index (χ0n) is 12.1. The number of rotatable bonds is 6. The first-order valence-corrected chi connectivity index (χ1v) is 8.06. The summed E-state index contributed by atoms with van der Waals surface area (Å²) >= 11 is 7.35. The molecule has 2 rings (SSSR count). The maximum atomic E-state index is 5.86. The summed E-state index contributed by atoms with van der Waals surface area (Å²) in [4.78, 5) is 9.80. The number of hydrogen-bond donors (Lipinski definition) is 1. The van der Waals surface area contributed by atoms with Crippen LogP contribution in [-0.4, -0.2) is 9.97 Å². The van der Waals surface area contributed by atoms with Gasteiger partial charge < -0.3 is 5.32 Å². The van der Waals surface area contributed by atoms with E-state index in [0.29, 0.717) is 4.47 Å². The Labute approximate surface area is 134 Å². The minimum absolute atomic E-state index is 0.570. The molecule has 0 atom stereocenters. The third kappa shape index (κ3) is 4.99. The van der Waals surface area contributed by atoms with Crippen molar-refractivity contribution in [3.63, 3.8) is 0 Å². The van der Waals surface area contributed by atoms with Crippen LogP contribution in [0.15, 0.2) is 48.3 Å². The third-order valence-corrected chi connectivity index (χ3v) is 3.84. The summed E-state index contributed by atoms with van der Waals surface area (Å²) in [6.45, 7) is 4.12. The zero-order chi connectivity index (χ0) is 15.1. The molecule has 0 bridgehead atoms. The summed E-state index contributed by atoms with van der Waals surface area (Å²) in [5, 5.41) is 3.34. The van der Waals surface area contributed by atoms with Crippen LogP contribution < -0.4 is 5.32 Å². The van der Waals surface area contributed by atoms with E-state index >= 15 is 0 Å². The minimum atomic E-state index is 0.570. The Bertz CT molecular complexity index is 646. The van der Waals surface area contributed by atoms with Crippen LogP contribution in [0.2, 0.25) is 4.47 Å². The molecule has 0 saturated heterocycles. The number of anilines is 1. The normalized spacial score (nSPS) is 12.0. The van der Waals surface area contributed by atoms with Crippen molar-refractivity contribution in [3.05, 3.63) is 63.4 Å². The van der Waals surface area contributed by atoms with E-state index in [9.17, 15) is 0 Å². The predicted molar refractivity (Wildman–Crippen MR) is 91.0 cm³/mol. The lowest BCUT2D eigenvalue weighted by atomic mass is 10.2. The van der Waals surface area contributed by atoms with Crippen molar-refractivity contribution in [2.24, 2.45) is 0 Å². The van der Waals surface area contributed by atoms with E-state index in [1.165, 1.54) is 11.3 Å². The van der Waals surface area contributed by atoms with Gasteiger partial charge in [0.2, 0.25) is 0 Å². The van der Waals surface area contributed by atoms with Crippen LogP contribution in [0.25, 0.3) is 0 Å². The van der Waals surface area contributed by atoms with Gasteiger partial charge in [-0.3, -0.25) is 0 Å². The van der Waals surface area contributed by atoms with Gasteiger partial charge in [0.1, 0.15) is 5.82 Å². The number of halogens is 1. The Morgan fingerprint density at radius 3 is 2.95 bits per heavy atom. The molecule has 2 aromatic heterocycles. The molecule has 0 aliphatic heterocycles. The summed E-state index contributed by atoms with van der Waals surface area (Å²) < 4.78 is 0.570. The first kappa shape index (κ1) is 15.7. The van der Waals surface area contributed by atoms with Gasteiger partial charge >= 0.3 is 0 Å². The Balaban J connectivity index is 2.11. The average Bonchev–Trinajstić information content (AvgIpc) is 2.85.